The van der Waals surface area contributed by atoms with E-state index in [-0.39, 0.29) is 35.0 Å². The van der Waals surface area contributed by atoms with Crippen LogP contribution in [0.2, 0.25) is 0 Å². The second kappa shape index (κ2) is 9.45. The number of benzene rings is 1. The summed E-state index contributed by atoms with van der Waals surface area (Å²) in [6, 6.07) is 3.55. The minimum atomic E-state index is -0.208. The van der Waals surface area contributed by atoms with Crippen molar-refractivity contribution >= 4 is 5.91 Å². The number of phenolic OH excluding ortho intramolecular Hbond substituents is 2. The lowest BCUT2D eigenvalue weighted by atomic mass is 9.98. The highest BCUT2D eigenvalue weighted by atomic mass is 16.5. The van der Waals surface area contributed by atoms with Gasteiger partial charge in [-0.25, -0.2) is 0 Å². The molecule has 31 heavy (non-hydrogen) atoms. The maximum absolute atomic E-state index is 13.1. The molecule has 1 aromatic rings. The number of amides is 1. The van der Waals surface area contributed by atoms with Crippen molar-refractivity contribution in [2.75, 3.05) is 26.2 Å². The third-order valence-corrected chi connectivity index (χ3v) is 6.66. The first-order valence-corrected chi connectivity index (χ1v) is 11.5. The van der Waals surface area contributed by atoms with Crippen LogP contribution in [0.1, 0.15) is 67.8 Å². The van der Waals surface area contributed by atoms with Crippen molar-refractivity contribution in [1.29, 1.82) is 0 Å². The van der Waals surface area contributed by atoms with Gasteiger partial charge in [0.2, 0.25) is 0 Å². The molecule has 0 saturated heterocycles. The Hall–Kier alpha value is -2.31. The zero-order valence-electron chi connectivity index (χ0n) is 18.6. The first-order valence-electron chi connectivity index (χ1n) is 11.5. The van der Waals surface area contributed by atoms with Crippen LogP contribution in [0.3, 0.4) is 0 Å². The van der Waals surface area contributed by atoms with E-state index < -0.39 is 0 Å². The predicted octanol–water partition coefficient (Wildman–Crippen LogP) is 3.85. The fourth-order valence-electron chi connectivity index (χ4n) is 4.87. The summed E-state index contributed by atoms with van der Waals surface area (Å²) < 4.78 is 6.05. The summed E-state index contributed by atoms with van der Waals surface area (Å²) >= 11 is 0. The Kier molecular flexibility index (Phi) is 6.68. The summed E-state index contributed by atoms with van der Waals surface area (Å²) in [6.45, 7) is 6.56. The fraction of sp³-hybridized carbons (Fsp3) is 0.560. The van der Waals surface area contributed by atoms with Crippen molar-refractivity contribution in [1.82, 2.24) is 10.2 Å². The Labute approximate surface area is 184 Å². The molecule has 1 amide bonds. The standard InChI is InChI=1S/C25H34N2O4/c1-16(2)21-12-22(24(29)13-23(21)28)25(30)27-14-17-7-8-20(11-18(17)15-27)31-10-9-26-19-5-3-4-6-19/h7-8,12-13,16,19-20,26,28-29H,3-6,9-11,14-15H2,1-2H3. The Bertz CT molecular complexity index is 884. The van der Waals surface area contributed by atoms with Crippen LogP contribution in [0, 0.1) is 0 Å². The van der Waals surface area contributed by atoms with E-state index in [1.54, 1.807) is 11.0 Å². The molecular formula is C25H34N2O4. The van der Waals surface area contributed by atoms with Gasteiger partial charge in [-0.1, -0.05) is 38.8 Å². The molecule has 1 unspecified atom stereocenters. The summed E-state index contributed by atoms with van der Waals surface area (Å²) in [5.41, 5.74) is 3.31. The molecule has 1 heterocycles. The average Bonchev–Trinajstić information content (AvgIpc) is 3.40. The lowest BCUT2D eigenvalue weighted by Crippen LogP contribution is -2.31. The Balaban J connectivity index is 1.31. The van der Waals surface area contributed by atoms with Gasteiger partial charge in [0.05, 0.1) is 18.3 Å². The third-order valence-electron chi connectivity index (χ3n) is 6.66. The Morgan fingerprint density at radius 1 is 1.19 bits per heavy atom. The molecule has 1 fully saturated rings. The quantitative estimate of drug-likeness (QED) is 0.577. The number of hydrogen-bond acceptors (Lipinski definition) is 5. The van der Waals surface area contributed by atoms with E-state index in [4.69, 9.17) is 4.74 Å². The van der Waals surface area contributed by atoms with Crippen molar-refractivity contribution in [2.24, 2.45) is 0 Å². The lowest BCUT2D eigenvalue weighted by molar-refractivity contribution is 0.0774. The van der Waals surface area contributed by atoms with Gasteiger partial charge in [-0.05, 0) is 41.5 Å². The first-order chi connectivity index (χ1) is 14.9. The first kappa shape index (κ1) is 21.9. The number of ether oxygens (including phenoxy) is 1. The molecule has 1 aliphatic heterocycles. The molecule has 0 bridgehead atoms. The molecule has 4 rings (SSSR count). The topological polar surface area (TPSA) is 82.0 Å². The largest absolute Gasteiger partial charge is 0.508 e. The molecule has 1 aromatic carbocycles. The van der Waals surface area contributed by atoms with Crippen LogP contribution in [0.4, 0.5) is 0 Å². The molecule has 3 N–H and O–H groups in total. The SMILES string of the molecule is CC(C)c1cc(C(=O)N2CC3=C(CC(OCCNC4CCCC4)C=C3)C2)c(O)cc1O. The summed E-state index contributed by atoms with van der Waals surface area (Å²) in [5, 5.41) is 23.9. The zero-order chi connectivity index (χ0) is 22.0. The summed E-state index contributed by atoms with van der Waals surface area (Å²) in [4.78, 5) is 14.9. The molecule has 0 aromatic heterocycles. The van der Waals surface area contributed by atoms with Gasteiger partial charge in [-0.2, -0.15) is 0 Å². The highest BCUT2D eigenvalue weighted by molar-refractivity contribution is 5.98. The van der Waals surface area contributed by atoms with Crippen molar-refractivity contribution in [3.05, 3.63) is 46.6 Å². The molecule has 3 aliphatic rings. The molecular weight excluding hydrogens is 392 g/mol. The van der Waals surface area contributed by atoms with E-state index in [1.807, 2.05) is 13.8 Å². The van der Waals surface area contributed by atoms with Crippen LogP contribution in [-0.4, -0.2) is 59.4 Å². The molecule has 0 radical (unpaired) electrons. The number of rotatable bonds is 7. The average molecular weight is 427 g/mol. The Morgan fingerprint density at radius 3 is 2.71 bits per heavy atom. The number of nitrogens with one attached hydrogen (secondary N) is 1. The van der Waals surface area contributed by atoms with Gasteiger partial charge >= 0.3 is 0 Å². The van der Waals surface area contributed by atoms with Gasteiger partial charge in [0.15, 0.2) is 0 Å². The van der Waals surface area contributed by atoms with Crippen molar-refractivity contribution in [3.63, 3.8) is 0 Å². The molecule has 0 spiro atoms. The predicted molar refractivity (Wildman–Crippen MR) is 121 cm³/mol. The number of phenols is 2. The second-order valence-electron chi connectivity index (χ2n) is 9.28. The van der Waals surface area contributed by atoms with Crippen LogP contribution >= 0.6 is 0 Å². The fourth-order valence-corrected chi connectivity index (χ4v) is 4.87. The van der Waals surface area contributed by atoms with Gasteiger partial charge in [0.1, 0.15) is 11.5 Å². The lowest BCUT2D eigenvalue weighted by Gasteiger charge is -2.20. The number of aromatic hydroxyl groups is 2. The Morgan fingerprint density at radius 2 is 1.97 bits per heavy atom. The van der Waals surface area contributed by atoms with Crippen LogP contribution in [0.5, 0.6) is 11.5 Å². The highest BCUT2D eigenvalue weighted by Crippen LogP contribution is 2.35. The van der Waals surface area contributed by atoms with Gasteiger partial charge < -0.3 is 25.2 Å². The summed E-state index contributed by atoms with van der Waals surface area (Å²) in [5.74, 6) is -0.307. The van der Waals surface area contributed by atoms with Crippen molar-refractivity contribution in [2.45, 2.75) is 64.0 Å². The maximum Gasteiger partial charge on any atom is 0.258 e. The summed E-state index contributed by atoms with van der Waals surface area (Å²) in [6.07, 6.45) is 10.2. The van der Waals surface area contributed by atoms with Gasteiger partial charge in [-0.3, -0.25) is 4.79 Å². The molecule has 1 saturated carbocycles. The van der Waals surface area contributed by atoms with Crippen molar-refractivity contribution < 1.29 is 19.7 Å². The van der Waals surface area contributed by atoms with Crippen LogP contribution in [0.25, 0.3) is 0 Å². The van der Waals surface area contributed by atoms with E-state index >= 15 is 0 Å². The van der Waals surface area contributed by atoms with E-state index in [9.17, 15) is 15.0 Å². The smallest absolute Gasteiger partial charge is 0.258 e. The van der Waals surface area contributed by atoms with Gasteiger partial charge in [0.25, 0.3) is 5.91 Å². The van der Waals surface area contributed by atoms with Crippen LogP contribution < -0.4 is 5.32 Å². The van der Waals surface area contributed by atoms with Crippen molar-refractivity contribution in [3.8, 4) is 11.5 Å². The van der Waals surface area contributed by atoms with E-state index in [0.717, 1.165) is 13.0 Å². The normalized spacial score (nSPS) is 21.4. The van der Waals surface area contributed by atoms with E-state index in [0.29, 0.717) is 31.3 Å². The molecule has 1 atom stereocenters. The number of carbonyl (C=O) groups is 1. The number of hydrogen-bond donors (Lipinski definition) is 3. The van der Waals surface area contributed by atoms with Crippen LogP contribution in [0.15, 0.2) is 35.4 Å². The number of nitrogens with zero attached hydrogens (tertiary/aromatic N) is 1. The molecule has 6 heteroatoms. The third kappa shape index (κ3) is 4.96. The van der Waals surface area contributed by atoms with Crippen LogP contribution in [-0.2, 0) is 4.74 Å². The van der Waals surface area contributed by atoms with Gasteiger partial charge in [0, 0.05) is 38.2 Å². The maximum atomic E-state index is 13.1. The van der Waals surface area contributed by atoms with E-state index in [2.05, 4.69) is 17.5 Å². The highest BCUT2D eigenvalue weighted by Gasteiger charge is 2.30. The molecule has 2 aliphatic carbocycles. The second-order valence-corrected chi connectivity index (χ2v) is 9.28. The minimum Gasteiger partial charge on any atom is -0.508 e. The minimum absolute atomic E-state index is 0.0215. The monoisotopic (exact) mass is 426 g/mol. The molecule has 168 valence electrons. The zero-order valence-corrected chi connectivity index (χ0v) is 18.6. The summed E-state index contributed by atoms with van der Waals surface area (Å²) in [7, 11) is 0. The van der Waals surface area contributed by atoms with Gasteiger partial charge in [-0.15, -0.1) is 0 Å². The molecule has 6 nitrogen and oxygen atoms in total. The van der Waals surface area contributed by atoms with E-state index in [1.165, 1.54) is 42.9 Å². The number of carbonyl (C=O) groups excluding carboxylic acids is 1.